The van der Waals surface area contributed by atoms with Crippen LogP contribution in [0.3, 0.4) is 0 Å². The Balaban J connectivity index is 1.75. The summed E-state index contributed by atoms with van der Waals surface area (Å²) in [5.74, 6) is 4.43. The van der Waals surface area contributed by atoms with Gasteiger partial charge in [0.15, 0.2) is 0 Å². The second kappa shape index (κ2) is 5.89. The molecule has 2 rings (SSSR count). The number of nitrogens with one attached hydrogen (secondary N) is 1. The van der Waals surface area contributed by atoms with E-state index in [0.717, 1.165) is 25.0 Å². The van der Waals surface area contributed by atoms with Crippen molar-refractivity contribution in [3.8, 4) is 12.3 Å². The number of rotatable bonds is 8. The summed E-state index contributed by atoms with van der Waals surface area (Å²) in [6, 6.07) is 1.41. The Morgan fingerprint density at radius 3 is 2.53 bits per heavy atom. The van der Waals surface area contributed by atoms with Crippen molar-refractivity contribution in [1.29, 1.82) is 0 Å². The van der Waals surface area contributed by atoms with Crippen LogP contribution >= 0.6 is 0 Å². The Bertz CT molecular complexity index is 273. The molecule has 1 N–H and O–H groups in total. The number of terminal acetylenes is 1. The molecule has 0 bridgehead atoms. The molecular formula is C15H26N2. The minimum Gasteiger partial charge on any atom is -0.314 e. The van der Waals surface area contributed by atoms with Crippen LogP contribution in [0.1, 0.15) is 39.5 Å². The molecule has 0 aromatic rings. The van der Waals surface area contributed by atoms with Gasteiger partial charge in [-0.15, -0.1) is 6.42 Å². The Hall–Kier alpha value is -0.520. The maximum Gasteiger partial charge on any atom is 0.0601 e. The normalized spacial score (nSPS) is 23.4. The van der Waals surface area contributed by atoms with Crippen LogP contribution in [0.5, 0.6) is 0 Å². The molecule has 0 aliphatic heterocycles. The third-order valence-corrected chi connectivity index (χ3v) is 4.19. The van der Waals surface area contributed by atoms with Gasteiger partial charge >= 0.3 is 0 Å². The summed E-state index contributed by atoms with van der Waals surface area (Å²) in [5.41, 5.74) is 0. The van der Waals surface area contributed by atoms with Gasteiger partial charge in [-0.2, -0.15) is 0 Å². The second-order valence-electron chi connectivity index (χ2n) is 5.98. The Labute approximate surface area is 106 Å². The standard InChI is InChI=1S/C15H26N2/c1-4-9-17(11-14-5-6-14)13(3)12(2)10-16-15-7-8-15/h1,12-16H,5-11H2,2-3H3. The smallest absolute Gasteiger partial charge is 0.0601 e. The van der Waals surface area contributed by atoms with Gasteiger partial charge in [0.05, 0.1) is 6.54 Å². The molecule has 2 nitrogen and oxygen atoms in total. The molecule has 2 aliphatic rings. The first-order valence-corrected chi connectivity index (χ1v) is 7.11. The van der Waals surface area contributed by atoms with Crippen molar-refractivity contribution >= 4 is 0 Å². The zero-order chi connectivity index (χ0) is 12.3. The second-order valence-corrected chi connectivity index (χ2v) is 5.98. The third-order valence-electron chi connectivity index (χ3n) is 4.19. The van der Waals surface area contributed by atoms with E-state index in [4.69, 9.17) is 6.42 Å². The molecule has 2 heteroatoms. The summed E-state index contributed by atoms with van der Waals surface area (Å²) in [7, 11) is 0. The Kier molecular flexibility index (Phi) is 4.48. The quantitative estimate of drug-likeness (QED) is 0.647. The largest absolute Gasteiger partial charge is 0.314 e. The summed E-state index contributed by atoms with van der Waals surface area (Å²) in [4.78, 5) is 2.50. The molecule has 96 valence electrons. The summed E-state index contributed by atoms with van der Waals surface area (Å²) in [6.07, 6.45) is 11.0. The van der Waals surface area contributed by atoms with E-state index >= 15 is 0 Å². The SMILES string of the molecule is C#CCN(CC1CC1)C(C)C(C)CNC1CC1. The van der Waals surface area contributed by atoms with Gasteiger partial charge in [-0.25, -0.2) is 0 Å². The average Bonchev–Trinajstić information content (AvgIpc) is 3.17. The van der Waals surface area contributed by atoms with Crippen LogP contribution < -0.4 is 5.32 Å². The summed E-state index contributed by atoms with van der Waals surface area (Å²) in [6.45, 7) is 7.83. The van der Waals surface area contributed by atoms with Gasteiger partial charge in [0, 0.05) is 18.6 Å². The third kappa shape index (κ3) is 4.33. The van der Waals surface area contributed by atoms with Crippen LogP contribution in [-0.4, -0.2) is 36.6 Å². The van der Waals surface area contributed by atoms with E-state index in [1.165, 1.54) is 32.2 Å². The first-order valence-electron chi connectivity index (χ1n) is 7.11. The zero-order valence-corrected chi connectivity index (χ0v) is 11.3. The molecule has 2 unspecified atom stereocenters. The fraction of sp³-hybridized carbons (Fsp3) is 0.867. The van der Waals surface area contributed by atoms with Crippen molar-refractivity contribution in [2.24, 2.45) is 11.8 Å². The van der Waals surface area contributed by atoms with Gasteiger partial charge in [0.25, 0.3) is 0 Å². The minimum absolute atomic E-state index is 0.595. The van der Waals surface area contributed by atoms with Crippen molar-refractivity contribution in [3.05, 3.63) is 0 Å². The maximum absolute atomic E-state index is 5.49. The summed E-state index contributed by atoms with van der Waals surface area (Å²) < 4.78 is 0. The zero-order valence-electron chi connectivity index (χ0n) is 11.3. The van der Waals surface area contributed by atoms with Gasteiger partial charge in [-0.1, -0.05) is 12.8 Å². The monoisotopic (exact) mass is 234 g/mol. The van der Waals surface area contributed by atoms with Crippen molar-refractivity contribution in [1.82, 2.24) is 10.2 Å². The number of nitrogens with zero attached hydrogens (tertiary/aromatic N) is 1. The van der Waals surface area contributed by atoms with Crippen LogP contribution in [-0.2, 0) is 0 Å². The molecule has 0 saturated heterocycles. The topological polar surface area (TPSA) is 15.3 Å². The highest BCUT2D eigenvalue weighted by atomic mass is 15.2. The molecular weight excluding hydrogens is 208 g/mol. The first-order chi connectivity index (χ1) is 8.20. The highest BCUT2D eigenvalue weighted by Gasteiger charge is 2.29. The Morgan fingerprint density at radius 2 is 2.00 bits per heavy atom. The fourth-order valence-corrected chi connectivity index (χ4v) is 2.29. The van der Waals surface area contributed by atoms with E-state index in [1.807, 2.05) is 0 Å². The van der Waals surface area contributed by atoms with Crippen LogP contribution in [0.25, 0.3) is 0 Å². The molecule has 0 aromatic heterocycles. The van der Waals surface area contributed by atoms with Crippen molar-refractivity contribution in [2.75, 3.05) is 19.6 Å². The lowest BCUT2D eigenvalue weighted by atomic mass is 10.0. The molecule has 2 fully saturated rings. The fourth-order valence-electron chi connectivity index (χ4n) is 2.29. The first kappa shape index (κ1) is 12.9. The number of hydrogen-bond acceptors (Lipinski definition) is 2. The van der Waals surface area contributed by atoms with E-state index in [-0.39, 0.29) is 0 Å². The predicted octanol–water partition coefficient (Wildman–Crippen LogP) is 2.11. The van der Waals surface area contributed by atoms with Crippen LogP contribution in [0.15, 0.2) is 0 Å². The predicted molar refractivity (Wildman–Crippen MR) is 72.8 cm³/mol. The summed E-state index contributed by atoms with van der Waals surface area (Å²) in [5, 5.41) is 3.62. The molecule has 2 saturated carbocycles. The van der Waals surface area contributed by atoms with Crippen LogP contribution in [0.2, 0.25) is 0 Å². The molecule has 0 radical (unpaired) electrons. The highest BCUT2D eigenvalue weighted by molar-refractivity contribution is 4.93. The molecule has 0 aromatic carbocycles. The van der Waals surface area contributed by atoms with E-state index in [2.05, 4.69) is 30.0 Å². The van der Waals surface area contributed by atoms with Gasteiger partial charge in [0.1, 0.15) is 0 Å². The molecule has 0 amide bonds. The van der Waals surface area contributed by atoms with Crippen molar-refractivity contribution in [3.63, 3.8) is 0 Å². The highest BCUT2D eigenvalue weighted by Crippen LogP contribution is 2.31. The average molecular weight is 234 g/mol. The van der Waals surface area contributed by atoms with E-state index in [9.17, 15) is 0 Å². The summed E-state index contributed by atoms with van der Waals surface area (Å²) >= 11 is 0. The Morgan fingerprint density at radius 1 is 1.29 bits per heavy atom. The van der Waals surface area contributed by atoms with Crippen LogP contribution in [0.4, 0.5) is 0 Å². The molecule has 2 atom stereocenters. The maximum atomic E-state index is 5.49. The van der Waals surface area contributed by atoms with E-state index in [0.29, 0.717) is 12.0 Å². The van der Waals surface area contributed by atoms with Gasteiger partial charge < -0.3 is 5.32 Å². The molecule has 17 heavy (non-hydrogen) atoms. The number of hydrogen-bond donors (Lipinski definition) is 1. The van der Waals surface area contributed by atoms with E-state index < -0.39 is 0 Å². The van der Waals surface area contributed by atoms with Crippen LogP contribution in [0, 0.1) is 24.2 Å². The lowest BCUT2D eigenvalue weighted by molar-refractivity contribution is 0.172. The van der Waals surface area contributed by atoms with E-state index in [1.54, 1.807) is 0 Å². The van der Waals surface area contributed by atoms with Gasteiger partial charge in [-0.3, -0.25) is 4.90 Å². The van der Waals surface area contributed by atoms with Crippen molar-refractivity contribution < 1.29 is 0 Å². The molecule has 2 aliphatic carbocycles. The lowest BCUT2D eigenvalue weighted by Gasteiger charge is -2.32. The lowest BCUT2D eigenvalue weighted by Crippen LogP contribution is -2.42. The minimum atomic E-state index is 0.595. The van der Waals surface area contributed by atoms with Crippen molar-refractivity contribution in [2.45, 2.75) is 51.6 Å². The van der Waals surface area contributed by atoms with Gasteiger partial charge in [0.2, 0.25) is 0 Å². The molecule has 0 heterocycles. The molecule has 0 spiro atoms. The van der Waals surface area contributed by atoms with Gasteiger partial charge in [-0.05, 0) is 51.0 Å².